The maximum Gasteiger partial charge on any atom is 0.191 e. The smallest absolute Gasteiger partial charge is 0.191 e. The first-order chi connectivity index (χ1) is 13.2. The van der Waals surface area contributed by atoms with Gasteiger partial charge in [0.25, 0.3) is 0 Å². The number of rotatable bonds is 7. The number of pyridine rings is 1. The summed E-state index contributed by atoms with van der Waals surface area (Å²) in [6.07, 6.45) is 2.19. The quantitative estimate of drug-likeness (QED) is 0.300. The van der Waals surface area contributed by atoms with Crippen LogP contribution in [0.15, 0.2) is 53.7 Å². The van der Waals surface area contributed by atoms with Crippen LogP contribution in [0.3, 0.4) is 0 Å². The van der Waals surface area contributed by atoms with Gasteiger partial charge in [-0.15, -0.1) is 34.2 Å². The number of nitrogens with zero attached hydrogens (tertiary/aromatic N) is 4. The van der Waals surface area contributed by atoms with Crippen molar-refractivity contribution in [2.45, 2.75) is 39.6 Å². The fraction of sp³-hybridized carbons (Fsp3) is 0.350. The Labute approximate surface area is 182 Å². The average molecular weight is 494 g/mol. The van der Waals surface area contributed by atoms with Crippen LogP contribution >= 0.6 is 24.0 Å². The molecule has 0 aliphatic carbocycles. The number of hydrogen-bond acceptors (Lipinski definition) is 4. The minimum absolute atomic E-state index is 0. The molecule has 0 saturated heterocycles. The van der Waals surface area contributed by atoms with Crippen molar-refractivity contribution in [1.82, 2.24) is 25.2 Å². The first-order valence-electron chi connectivity index (χ1n) is 9.08. The van der Waals surface area contributed by atoms with Gasteiger partial charge in [-0.1, -0.05) is 30.3 Å². The minimum Gasteiger partial charge on any atom is -0.374 e. The molecule has 1 aromatic carbocycles. The number of hydrogen-bond donors (Lipinski definition) is 2. The molecule has 0 aliphatic heterocycles. The molecule has 0 fully saturated rings. The predicted molar refractivity (Wildman–Crippen MR) is 122 cm³/mol. The third kappa shape index (κ3) is 6.16. The number of guanidine groups is 1. The van der Waals surface area contributed by atoms with Crippen molar-refractivity contribution in [2.75, 3.05) is 7.05 Å². The van der Waals surface area contributed by atoms with E-state index in [0.717, 1.165) is 17.4 Å². The summed E-state index contributed by atoms with van der Waals surface area (Å²) < 4.78 is 7.58. The molecule has 8 heteroatoms. The number of benzene rings is 1. The van der Waals surface area contributed by atoms with E-state index in [0.29, 0.717) is 19.7 Å². The van der Waals surface area contributed by atoms with Crippen LogP contribution in [-0.2, 0) is 24.4 Å². The molecule has 0 spiro atoms. The molecule has 0 bridgehead atoms. The molecule has 0 atom stereocenters. The zero-order chi connectivity index (χ0) is 19.1. The fourth-order valence-electron chi connectivity index (χ4n) is 2.60. The van der Waals surface area contributed by atoms with Crippen LogP contribution in [-0.4, -0.2) is 33.7 Å². The second-order valence-electron chi connectivity index (χ2n) is 6.50. The van der Waals surface area contributed by atoms with E-state index in [1.54, 1.807) is 7.05 Å². The number of aromatic nitrogens is 3. The normalized spacial score (nSPS) is 11.5. The van der Waals surface area contributed by atoms with Crippen molar-refractivity contribution in [1.29, 1.82) is 0 Å². The summed E-state index contributed by atoms with van der Waals surface area (Å²) in [4.78, 5) is 4.27. The highest BCUT2D eigenvalue weighted by Crippen LogP contribution is 2.07. The Bertz CT molecular complexity index is 891. The van der Waals surface area contributed by atoms with Crippen molar-refractivity contribution in [3.05, 3.63) is 65.6 Å². The van der Waals surface area contributed by atoms with Gasteiger partial charge in [0.2, 0.25) is 0 Å². The lowest BCUT2D eigenvalue weighted by molar-refractivity contribution is 0.0657. The Morgan fingerprint density at radius 3 is 2.46 bits per heavy atom. The molecule has 0 radical (unpaired) electrons. The largest absolute Gasteiger partial charge is 0.374 e. The summed E-state index contributed by atoms with van der Waals surface area (Å²) in [5.74, 6) is 1.55. The topological polar surface area (TPSA) is 75.8 Å². The first kappa shape index (κ1) is 22.1. The van der Waals surface area contributed by atoms with Crippen molar-refractivity contribution < 1.29 is 4.74 Å². The predicted octanol–water partition coefficient (Wildman–Crippen LogP) is 3.14. The minimum atomic E-state index is 0. The molecular formula is C20H27IN6O. The second kappa shape index (κ2) is 11.0. The molecule has 2 N–H and O–H groups in total. The lowest BCUT2D eigenvalue weighted by atomic mass is 10.1. The van der Waals surface area contributed by atoms with Crippen LogP contribution in [0.1, 0.15) is 30.8 Å². The van der Waals surface area contributed by atoms with Gasteiger partial charge < -0.3 is 15.4 Å². The van der Waals surface area contributed by atoms with E-state index in [1.165, 1.54) is 11.1 Å². The number of fused-ring (bicyclic) bond motifs is 1. The van der Waals surface area contributed by atoms with Gasteiger partial charge in [0.15, 0.2) is 17.4 Å². The number of nitrogens with one attached hydrogen (secondary N) is 2. The van der Waals surface area contributed by atoms with Gasteiger partial charge in [0.05, 0.1) is 19.3 Å². The second-order valence-corrected chi connectivity index (χ2v) is 6.50. The fourth-order valence-corrected chi connectivity index (χ4v) is 2.60. The summed E-state index contributed by atoms with van der Waals surface area (Å²) in [6.45, 7) is 5.95. The van der Waals surface area contributed by atoms with E-state index < -0.39 is 0 Å². The van der Waals surface area contributed by atoms with E-state index in [4.69, 9.17) is 4.74 Å². The summed E-state index contributed by atoms with van der Waals surface area (Å²) >= 11 is 0. The molecule has 0 saturated carbocycles. The molecule has 7 nitrogen and oxygen atoms in total. The molecule has 2 heterocycles. The van der Waals surface area contributed by atoms with Crippen LogP contribution in [0.25, 0.3) is 5.65 Å². The lowest BCUT2D eigenvalue weighted by Crippen LogP contribution is -2.36. The maximum absolute atomic E-state index is 5.62. The monoisotopic (exact) mass is 494 g/mol. The molecule has 3 aromatic rings. The summed E-state index contributed by atoms with van der Waals surface area (Å²) in [5, 5.41) is 15.0. The van der Waals surface area contributed by atoms with Gasteiger partial charge in [0.1, 0.15) is 0 Å². The van der Waals surface area contributed by atoms with Crippen molar-refractivity contribution in [3.63, 3.8) is 0 Å². The third-order valence-electron chi connectivity index (χ3n) is 4.09. The van der Waals surface area contributed by atoms with E-state index in [1.807, 2.05) is 42.6 Å². The Balaban J connectivity index is 0.00000280. The molecule has 0 amide bonds. The van der Waals surface area contributed by atoms with Gasteiger partial charge in [-0.25, -0.2) is 0 Å². The SMILES string of the molecule is CN=C(NCc1ccc(COC(C)C)cc1)NCc1nnc2ccccn12.I. The highest BCUT2D eigenvalue weighted by atomic mass is 127. The molecular weight excluding hydrogens is 467 g/mol. The van der Waals surface area contributed by atoms with Gasteiger partial charge in [-0.3, -0.25) is 9.39 Å². The Kier molecular flexibility index (Phi) is 8.65. The summed E-state index contributed by atoms with van der Waals surface area (Å²) in [5.41, 5.74) is 3.19. The molecule has 2 aromatic heterocycles. The van der Waals surface area contributed by atoms with Crippen molar-refractivity contribution in [2.24, 2.45) is 4.99 Å². The van der Waals surface area contributed by atoms with Gasteiger partial charge >= 0.3 is 0 Å². The standard InChI is InChI=1S/C20H26N6O.HI/c1-15(2)27-14-17-9-7-16(8-10-17)12-22-20(21-3)23-13-19-25-24-18-6-4-5-11-26(18)19;/h4-11,15H,12-14H2,1-3H3,(H2,21,22,23);1H. The Morgan fingerprint density at radius 2 is 1.75 bits per heavy atom. The van der Waals surface area contributed by atoms with Gasteiger partial charge in [-0.05, 0) is 37.1 Å². The zero-order valence-corrected chi connectivity index (χ0v) is 18.8. The summed E-state index contributed by atoms with van der Waals surface area (Å²) in [6, 6.07) is 14.2. The highest BCUT2D eigenvalue weighted by molar-refractivity contribution is 14.0. The van der Waals surface area contributed by atoms with Gasteiger partial charge in [0, 0.05) is 19.8 Å². The third-order valence-corrected chi connectivity index (χ3v) is 4.09. The van der Waals surface area contributed by atoms with Crippen LogP contribution < -0.4 is 10.6 Å². The first-order valence-corrected chi connectivity index (χ1v) is 9.08. The lowest BCUT2D eigenvalue weighted by Gasteiger charge is -2.12. The average Bonchev–Trinajstić information content (AvgIpc) is 3.10. The maximum atomic E-state index is 5.62. The molecule has 150 valence electrons. The zero-order valence-electron chi connectivity index (χ0n) is 16.4. The van der Waals surface area contributed by atoms with Gasteiger partial charge in [-0.2, -0.15) is 0 Å². The Hall–Kier alpha value is -2.20. The van der Waals surface area contributed by atoms with E-state index in [-0.39, 0.29) is 30.1 Å². The van der Waals surface area contributed by atoms with Crippen molar-refractivity contribution >= 4 is 35.6 Å². The molecule has 0 aliphatic rings. The number of aliphatic imine (C=N–C) groups is 1. The summed E-state index contributed by atoms with van der Waals surface area (Å²) in [7, 11) is 1.75. The molecule has 28 heavy (non-hydrogen) atoms. The van der Waals surface area contributed by atoms with Crippen LogP contribution in [0.4, 0.5) is 0 Å². The highest BCUT2D eigenvalue weighted by Gasteiger charge is 2.06. The van der Waals surface area contributed by atoms with E-state index in [2.05, 4.69) is 50.1 Å². The Morgan fingerprint density at radius 1 is 1.04 bits per heavy atom. The number of ether oxygens (including phenoxy) is 1. The van der Waals surface area contributed by atoms with Crippen molar-refractivity contribution in [3.8, 4) is 0 Å². The van der Waals surface area contributed by atoms with E-state index >= 15 is 0 Å². The van der Waals surface area contributed by atoms with Crippen LogP contribution in [0.2, 0.25) is 0 Å². The van der Waals surface area contributed by atoms with Crippen LogP contribution in [0.5, 0.6) is 0 Å². The molecule has 0 unspecified atom stereocenters. The van der Waals surface area contributed by atoms with E-state index in [9.17, 15) is 0 Å². The van der Waals surface area contributed by atoms with Crippen LogP contribution in [0, 0.1) is 0 Å². The molecule has 3 rings (SSSR count). The number of halogens is 1.